The van der Waals surface area contributed by atoms with Gasteiger partial charge in [-0.3, -0.25) is 14.4 Å². The minimum Gasteiger partial charge on any atom is -0.358 e. The van der Waals surface area contributed by atoms with Crippen molar-refractivity contribution < 1.29 is 14.4 Å². The van der Waals surface area contributed by atoms with Crippen LogP contribution in [-0.4, -0.2) is 45.6 Å². The van der Waals surface area contributed by atoms with Gasteiger partial charge in [0, 0.05) is 19.1 Å². The van der Waals surface area contributed by atoms with Crippen molar-refractivity contribution in [3.05, 3.63) is 11.9 Å². The van der Waals surface area contributed by atoms with E-state index in [-0.39, 0.29) is 29.8 Å². The first kappa shape index (κ1) is 17.8. The van der Waals surface area contributed by atoms with Crippen molar-refractivity contribution in [3.8, 4) is 0 Å². The first-order valence-corrected chi connectivity index (χ1v) is 9.41. The highest BCUT2D eigenvalue weighted by Crippen LogP contribution is 2.41. The third-order valence-electron chi connectivity index (χ3n) is 5.30. The second-order valence-corrected chi connectivity index (χ2v) is 7.31. The maximum absolute atomic E-state index is 12.8. The molecule has 0 radical (unpaired) electrons. The third kappa shape index (κ3) is 3.51. The Balaban J connectivity index is 1.65. The Labute approximate surface area is 150 Å². The van der Waals surface area contributed by atoms with E-state index >= 15 is 0 Å². The number of nitrogens with zero attached hydrogens (tertiary/aromatic N) is 2. The molecule has 0 aliphatic heterocycles. The molecule has 1 aromatic heterocycles. The van der Waals surface area contributed by atoms with Gasteiger partial charge in [0.05, 0.1) is 17.9 Å². The number of amides is 3. The summed E-state index contributed by atoms with van der Waals surface area (Å²) >= 11 is 0.986. The lowest BCUT2D eigenvalue weighted by Gasteiger charge is -2.41. The van der Waals surface area contributed by atoms with Gasteiger partial charge < -0.3 is 16.0 Å². The summed E-state index contributed by atoms with van der Waals surface area (Å²) in [5, 5.41) is 8.59. The largest absolute Gasteiger partial charge is 0.358 e. The standard InChI is InChI=1S/C16H23N5O3S/c1-17-14(23)16(7-4-8-16)15(24)20-11-6-3-2-5-10(11)19-13(22)12-9-18-25-21-12/h9-11H,2-8H2,1H3,(H,17,23)(H,19,22)(H,20,24)/t10-,11-/m1/s1. The molecule has 2 aliphatic carbocycles. The lowest BCUT2D eigenvalue weighted by Crippen LogP contribution is -2.60. The Bertz CT molecular complexity index is 644. The highest BCUT2D eigenvalue weighted by molar-refractivity contribution is 6.99. The van der Waals surface area contributed by atoms with E-state index in [0.717, 1.165) is 43.8 Å². The topological polar surface area (TPSA) is 113 Å². The van der Waals surface area contributed by atoms with E-state index < -0.39 is 5.41 Å². The average Bonchev–Trinajstić information content (AvgIpc) is 3.10. The molecule has 1 heterocycles. The summed E-state index contributed by atoms with van der Waals surface area (Å²) < 4.78 is 7.78. The fourth-order valence-corrected chi connectivity index (χ4v) is 4.03. The van der Waals surface area contributed by atoms with E-state index in [1.807, 2.05) is 0 Å². The molecule has 25 heavy (non-hydrogen) atoms. The van der Waals surface area contributed by atoms with Crippen molar-refractivity contribution >= 4 is 29.4 Å². The molecule has 2 fully saturated rings. The van der Waals surface area contributed by atoms with Crippen LogP contribution in [0.1, 0.15) is 55.4 Å². The molecule has 0 aromatic carbocycles. The van der Waals surface area contributed by atoms with Crippen molar-refractivity contribution in [2.24, 2.45) is 5.41 Å². The number of nitrogens with one attached hydrogen (secondary N) is 3. The minimum atomic E-state index is -0.945. The molecule has 2 aliphatic rings. The summed E-state index contributed by atoms with van der Waals surface area (Å²) in [7, 11) is 1.56. The Morgan fingerprint density at radius 2 is 1.76 bits per heavy atom. The van der Waals surface area contributed by atoms with Crippen LogP contribution in [0.4, 0.5) is 0 Å². The molecule has 3 amide bonds. The SMILES string of the molecule is CNC(=O)C1(C(=O)N[C@@H]2CCCC[C@H]2NC(=O)c2cnsn2)CCC1. The van der Waals surface area contributed by atoms with Crippen molar-refractivity contribution in [1.29, 1.82) is 0 Å². The summed E-state index contributed by atoms with van der Waals surface area (Å²) in [6, 6.07) is -0.326. The fraction of sp³-hybridized carbons (Fsp3) is 0.688. The van der Waals surface area contributed by atoms with Crippen molar-refractivity contribution in [2.75, 3.05) is 7.05 Å². The molecule has 1 aromatic rings. The summed E-state index contributed by atoms with van der Waals surface area (Å²) in [4.78, 5) is 37.2. The molecule has 3 N–H and O–H groups in total. The van der Waals surface area contributed by atoms with Crippen LogP contribution in [0.15, 0.2) is 6.20 Å². The van der Waals surface area contributed by atoms with Gasteiger partial charge in [0.15, 0.2) is 5.69 Å². The summed E-state index contributed by atoms with van der Waals surface area (Å²) in [5.74, 6) is -0.717. The molecule has 9 heteroatoms. The van der Waals surface area contributed by atoms with E-state index in [4.69, 9.17) is 0 Å². The lowest BCUT2D eigenvalue weighted by molar-refractivity contribution is -0.150. The molecule has 0 spiro atoms. The average molecular weight is 365 g/mol. The van der Waals surface area contributed by atoms with Gasteiger partial charge in [0.1, 0.15) is 5.41 Å². The quantitative estimate of drug-likeness (QED) is 0.662. The smallest absolute Gasteiger partial charge is 0.272 e. The third-order valence-corrected chi connectivity index (χ3v) is 5.77. The monoisotopic (exact) mass is 365 g/mol. The van der Waals surface area contributed by atoms with E-state index in [2.05, 4.69) is 24.7 Å². The van der Waals surface area contributed by atoms with Gasteiger partial charge in [-0.2, -0.15) is 8.75 Å². The second-order valence-electron chi connectivity index (χ2n) is 6.75. The molecule has 136 valence electrons. The number of rotatable bonds is 5. The molecular formula is C16H23N5O3S. The molecule has 8 nitrogen and oxygen atoms in total. The predicted molar refractivity (Wildman–Crippen MR) is 91.9 cm³/mol. The summed E-state index contributed by atoms with van der Waals surface area (Å²) in [6.07, 6.45) is 7.03. The van der Waals surface area contributed by atoms with Crippen LogP contribution in [0.2, 0.25) is 0 Å². The molecule has 2 saturated carbocycles. The van der Waals surface area contributed by atoms with Gasteiger partial charge in [-0.1, -0.05) is 19.3 Å². The Hall–Kier alpha value is -2.03. The van der Waals surface area contributed by atoms with E-state index in [9.17, 15) is 14.4 Å². The molecular weight excluding hydrogens is 342 g/mol. The maximum Gasteiger partial charge on any atom is 0.272 e. The normalized spacial score (nSPS) is 24.7. The van der Waals surface area contributed by atoms with Gasteiger partial charge in [-0.15, -0.1) is 0 Å². The number of aromatic nitrogens is 2. The van der Waals surface area contributed by atoms with Crippen LogP contribution >= 0.6 is 11.7 Å². The van der Waals surface area contributed by atoms with Gasteiger partial charge >= 0.3 is 0 Å². The zero-order chi connectivity index (χ0) is 17.9. The first-order chi connectivity index (χ1) is 12.1. The molecule has 0 bridgehead atoms. The Kier molecular flexibility index (Phi) is 5.31. The first-order valence-electron chi connectivity index (χ1n) is 8.68. The van der Waals surface area contributed by atoms with Gasteiger partial charge in [0.2, 0.25) is 11.8 Å². The van der Waals surface area contributed by atoms with Crippen LogP contribution in [0.5, 0.6) is 0 Å². The van der Waals surface area contributed by atoms with Gasteiger partial charge in [-0.05, 0) is 25.7 Å². The molecule has 0 saturated heterocycles. The zero-order valence-corrected chi connectivity index (χ0v) is 15.0. The zero-order valence-electron chi connectivity index (χ0n) is 14.2. The van der Waals surface area contributed by atoms with Crippen LogP contribution in [0.25, 0.3) is 0 Å². The Morgan fingerprint density at radius 3 is 2.28 bits per heavy atom. The van der Waals surface area contributed by atoms with E-state index in [0.29, 0.717) is 18.5 Å². The number of carbonyl (C=O) groups excluding carboxylic acids is 3. The predicted octanol–water partition coefficient (Wildman–Crippen LogP) is 0.612. The van der Waals surface area contributed by atoms with Crippen molar-refractivity contribution in [2.45, 2.75) is 57.0 Å². The van der Waals surface area contributed by atoms with E-state index in [1.54, 1.807) is 7.05 Å². The number of hydrogen-bond donors (Lipinski definition) is 3. The fourth-order valence-electron chi connectivity index (χ4n) is 3.62. The Morgan fingerprint density at radius 1 is 1.08 bits per heavy atom. The van der Waals surface area contributed by atoms with E-state index in [1.165, 1.54) is 6.20 Å². The highest BCUT2D eigenvalue weighted by Gasteiger charge is 2.51. The van der Waals surface area contributed by atoms with Crippen LogP contribution in [-0.2, 0) is 9.59 Å². The van der Waals surface area contributed by atoms with Crippen LogP contribution < -0.4 is 16.0 Å². The molecule has 0 unspecified atom stereocenters. The van der Waals surface area contributed by atoms with Crippen molar-refractivity contribution in [3.63, 3.8) is 0 Å². The van der Waals surface area contributed by atoms with Gasteiger partial charge in [0.25, 0.3) is 5.91 Å². The van der Waals surface area contributed by atoms with Crippen LogP contribution in [0, 0.1) is 5.41 Å². The number of carbonyl (C=O) groups is 3. The minimum absolute atomic E-state index is 0.159. The van der Waals surface area contributed by atoms with Crippen molar-refractivity contribution in [1.82, 2.24) is 24.7 Å². The second kappa shape index (κ2) is 7.47. The molecule has 2 atom stereocenters. The number of hydrogen-bond acceptors (Lipinski definition) is 6. The van der Waals surface area contributed by atoms with Gasteiger partial charge in [-0.25, -0.2) is 0 Å². The summed E-state index contributed by atoms with van der Waals surface area (Å²) in [5.41, 5.74) is -0.652. The lowest BCUT2D eigenvalue weighted by atomic mass is 9.67. The highest BCUT2D eigenvalue weighted by atomic mass is 32.1. The maximum atomic E-state index is 12.8. The summed E-state index contributed by atoms with van der Waals surface area (Å²) in [6.45, 7) is 0. The molecule has 3 rings (SSSR count). The van der Waals surface area contributed by atoms with Crippen LogP contribution in [0.3, 0.4) is 0 Å².